The molecule has 2 aromatic rings. The smallest absolute Gasteiger partial charge is 0.276 e. The summed E-state index contributed by atoms with van der Waals surface area (Å²) in [6.45, 7) is 5.31. The number of amides is 1. The molecule has 2 aromatic heterocycles. The first-order chi connectivity index (χ1) is 12.1. The van der Waals surface area contributed by atoms with Gasteiger partial charge in [0, 0.05) is 29.9 Å². The molecule has 1 saturated heterocycles. The number of ether oxygens (including phenoxy) is 1. The monoisotopic (exact) mass is 342 g/mol. The number of nitrogens with zero attached hydrogens (tertiary/aromatic N) is 4. The number of hydrogen-bond donors (Lipinski definition) is 0. The molecule has 0 spiro atoms. The molecular weight excluding hydrogens is 320 g/mol. The molecule has 2 aliphatic rings. The average molecular weight is 342 g/mol. The van der Waals surface area contributed by atoms with Crippen LogP contribution in [0, 0.1) is 13.8 Å². The summed E-state index contributed by atoms with van der Waals surface area (Å²) in [5.74, 6) is 1.43. The largest absolute Gasteiger partial charge is 0.367 e. The van der Waals surface area contributed by atoms with E-state index in [-0.39, 0.29) is 12.0 Å². The SMILES string of the molecule is Cc1cc(C)nc(C2CN(C(=O)c3noc4c3CCCC4)CCO2)n1. The third kappa shape index (κ3) is 3.16. The number of rotatable bonds is 2. The molecule has 1 aliphatic heterocycles. The lowest BCUT2D eigenvalue weighted by molar-refractivity contribution is -0.0272. The molecule has 1 amide bonds. The fourth-order valence-electron chi connectivity index (χ4n) is 3.59. The second-order valence-electron chi connectivity index (χ2n) is 6.76. The molecule has 1 fully saturated rings. The molecule has 0 bridgehead atoms. The van der Waals surface area contributed by atoms with Crippen LogP contribution < -0.4 is 0 Å². The third-order valence-electron chi connectivity index (χ3n) is 4.79. The second-order valence-corrected chi connectivity index (χ2v) is 6.76. The van der Waals surface area contributed by atoms with E-state index in [1.54, 1.807) is 4.90 Å². The van der Waals surface area contributed by atoms with Crippen molar-refractivity contribution in [1.82, 2.24) is 20.0 Å². The van der Waals surface area contributed by atoms with E-state index in [1.165, 1.54) is 0 Å². The van der Waals surface area contributed by atoms with E-state index < -0.39 is 0 Å². The van der Waals surface area contributed by atoms with Crippen molar-refractivity contribution in [3.8, 4) is 0 Å². The highest BCUT2D eigenvalue weighted by Crippen LogP contribution is 2.27. The van der Waals surface area contributed by atoms with Crippen LogP contribution in [0.25, 0.3) is 0 Å². The summed E-state index contributed by atoms with van der Waals surface area (Å²) < 4.78 is 11.2. The number of aromatic nitrogens is 3. The van der Waals surface area contributed by atoms with E-state index in [0.29, 0.717) is 31.2 Å². The number of hydrogen-bond acceptors (Lipinski definition) is 6. The van der Waals surface area contributed by atoms with Gasteiger partial charge in [-0.15, -0.1) is 0 Å². The fourth-order valence-corrected chi connectivity index (χ4v) is 3.59. The molecule has 0 N–H and O–H groups in total. The number of aryl methyl sites for hydroxylation is 3. The maximum Gasteiger partial charge on any atom is 0.276 e. The molecule has 1 atom stereocenters. The summed E-state index contributed by atoms with van der Waals surface area (Å²) in [7, 11) is 0. The first-order valence-electron chi connectivity index (χ1n) is 8.82. The molecule has 7 heteroatoms. The zero-order valence-corrected chi connectivity index (χ0v) is 14.6. The van der Waals surface area contributed by atoms with Crippen LogP contribution in [0.15, 0.2) is 10.6 Å². The highest BCUT2D eigenvalue weighted by molar-refractivity contribution is 5.94. The van der Waals surface area contributed by atoms with Crippen LogP contribution in [0.1, 0.15) is 58.0 Å². The number of fused-ring (bicyclic) bond motifs is 1. The molecule has 7 nitrogen and oxygen atoms in total. The van der Waals surface area contributed by atoms with Crippen LogP contribution in [0.4, 0.5) is 0 Å². The van der Waals surface area contributed by atoms with Gasteiger partial charge in [0.2, 0.25) is 0 Å². The molecule has 0 aromatic carbocycles. The van der Waals surface area contributed by atoms with Crippen LogP contribution >= 0.6 is 0 Å². The van der Waals surface area contributed by atoms with Gasteiger partial charge in [-0.1, -0.05) is 5.16 Å². The summed E-state index contributed by atoms with van der Waals surface area (Å²) >= 11 is 0. The van der Waals surface area contributed by atoms with E-state index >= 15 is 0 Å². The molecule has 3 heterocycles. The summed E-state index contributed by atoms with van der Waals surface area (Å²) in [5, 5.41) is 4.06. The first-order valence-corrected chi connectivity index (χ1v) is 8.82. The summed E-state index contributed by atoms with van der Waals surface area (Å²) in [6, 6.07) is 1.93. The number of morpholine rings is 1. The van der Waals surface area contributed by atoms with Crippen molar-refractivity contribution in [2.45, 2.75) is 45.6 Å². The van der Waals surface area contributed by atoms with Crippen molar-refractivity contribution in [2.75, 3.05) is 19.7 Å². The Hall–Kier alpha value is -2.28. The Morgan fingerprint density at radius 1 is 1.20 bits per heavy atom. The highest BCUT2D eigenvalue weighted by atomic mass is 16.5. The Balaban J connectivity index is 1.55. The average Bonchev–Trinajstić information content (AvgIpc) is 3.04. The van der Waals surface area contributed by atoms with Crippen LogP contribution in [-0.2, 0) is 17.6 Å². The van der Waals surface area contributed by atoms with Gasteiger partial charge in [-0.05, 0) is 39.2 Å². The van der Waals surface area contributed by atoms with Gasteiger partial charge in [0.1, 0.15) is 11.9 Å². The van der Waals surface area contributed by atoms with Crippen molar-refractivity contribution >= 4 is 5.91 Å². The fraction of sp³-hybridized carbons (Fsp3) is 0.556. The van der Waals surface area contributed by atoms with Gasteiger partial charge in [0.25, 0.3) is 5.91 Å². The quantitative estimate of drug-likeness (QED) is 0.832. The predicted molar refractivity (Wildman–Crippen MR) is 89.2 cm³/mol. The van der Waals surface area contributed by atoms with Crippen LogP contribution in [0.5, 0.6) is 0 Å². The molecule has 1 aliphatic carbocycles. The molecule has 132 valence electrons. The van der Waals surface area contributed by atoms with Gasteiger partial charge >= 0.3 is 0 Å². The first kappa shape index (κ1) is 16.2. The van der Waals surface area contributed by atoms with E-state index in [2.05, 4.69) is 15.1 Å². The van der Waals surface area contributed by atoms with E-state index in [1.807, 2.05) is 19.9 Å². The Bertz CT molecular complexity index is 781. The van der Waals surface area contributed by atoms with Crippen LogP contribution in [-0.4, -0.2) is 45.6 Å². The second kappa shape index (κ2) is 6.55. The lowest BCUT2D eigenvalue weighted by Gasteiger charge is -2.32. The minimum absolute atomic E-state index is 0.0791. The van der Waals surface area contributed by atoms with Crippen molar-refractivity contribution in [1.29, 1.82) is 0 Å². The zero-order chi connectivity index (χ0) is 17.4. The topological polar surface area (TPSA) is 81.4 Å². The molecule has 1 unspecified atom stereocenters. The lowest BCUT2D eigenvalue weighted by Crippen LogP contribution is -2.43. The van der Waals surface area contributed by atoms with Crippen molar-refractivity contribution in [3.63, 3.8) is 0 Å². The van der Waals surface area contributed by atoms with Crippen molar-refractivity contribution in [2.24, 2.45) is 0 Å². The normalized spacial score (nSPS) is 20.4. The lowest BCUT2D eigenvalue weighted by atomic mass is 9.96. The van der Waals surface area contributed by atoms with E-state index in [4.69, 9.17) is 9.26 Å². The zero-order valence-electron chi connectivity index (χ0n) is 14.6. The maximum absolute atomic E-state index is 13.0. The molecule has 0 saturated carbocycles. The third-order valence-corrected chi connectivity index (χ3v) is 4.79. The maximum atomic E-state index is 13.0. The Morgan fingerprint density at radius 2 is 1.96 bits per heavy atom. The minimum Gasteiger partial charge on any atom is -0.367 e. The van der Waals surface area contributed by atoms with Crippen molar-refractivity contribution < 1.29 is 14.1 Å². The van der Waals surface area contributed by atoms with Gasteiger partial charge in [-0.3, -0.25) is 4.79 Å². The summed E-state index contributed by atoms with van der Waals surface area (Å²) in [6.07, 6.45) is 3.61. The molecule has 25 heavy (non-hydrogen) atoms. The standard InChI is InChI=1S/C18H22N4O3/c1-11-9-12(2)20-17(19-11)15-10-22(7-8-24-15)18(23)16-13-5-3-4-6-14(13)25-21-16/h9,15H,3-8,10H2,1-2H3. The van der Waals surface area contributed by atoms with Crippen molar-refractivity contribution in [3.05, 3.63) is 40.3 Å². The van der Waals surface area contributed by atoms with Crippen LogP contribution in [0.2, 0.25) is 0 Å². The Labute approximate surface area is 146 Å². The van der Waals surface area contributed by atoms with Gasteiger partial charge < -0.3 is 14.2 Å². The van der Waals surface area contributed by atoms with Gasteiger partial charge in [-0.2, -0.15) is 0 Å². The van der Waals surface area contributed by atoms with Gasteiger partial charge in [0.05, 0.1) is 13.2 Å². The molecular formula is C18H22N4O3. The number of carbonyl (C=O) groups excluding carboxylic acids is 1. The Kier molecular flexibility index (Phi) is 4.25. The summed E-state index contributed by atoms with van der Waals surface area (Å²) in [5.41, 5.74) is 3.26. The highest BCUT2D eigenvalue weighted by Gasteiger charge is 2.32. The van der Waals surface area contributed by atoms with E-state index in [0.717, 1.165) is 48.4 Å². The van der Waals surface area contributed by atoms with Gasteiger partial charge in [0.15, 0.2) is 11.5 Å². The molecule has 4 rings (SSSR count). The Morgan fingerprint density at radius 3 is 2.76 bits per heavy atom. The number of carbonyl (C=O) groups is 1. The van der Waals surface area contributed by atoms with Crippen LogP contribution in [0.3, 0.4) is 0 Å². The summed E-state index contributed by atoms with van der Waals surface area (Å²) in [4.78, 5) is 23.7. The minimum atomic E-state index is -0.306. The molecule has 0 radical (unpaired) electrons. The predicted octanol–water partition coefficient (Wildman–Crippen LogP) is 2.17. The van der Waals surface area contributed by atoms with Gasteiger partial charge in [-0.25, -0.2) is 9.97 Å². The van der Waals surface area contributed by atoms with E-state index in [9.17, 15) is 4.79 Å².